The van der Waals surface area contributed by atoms with Crippen LogP contribution in [0, 0.1) is 5.92 Å². The number of carbonyl (C=O) groups excluding carboxylic acids is 1. The molecule has 2 aliphatic heterocycles. The third-order valence-electron chi connectivity index (χ3n) is 6.89. The van der Waals surface area contributed by atoms with Gasteiger partial charge in [-0.1, -0.05) is 19.3 Å². The molecule has 2 aliphatic carbocycles. The third-order valence-corrected chi connectivity index (χ3v) is 6.89. The molecule has 4 rings (SSSR count). The first-order chi connectivity index (χ1) is 11.7. The number of ether oxygens (including phenoxy) is 1. The summed E-state index contributed by atoms with van der Waals surface area (Å²) in [5, 5.41) is 2.76. The number of rotatable bonds is 4. The molecule has 0 aromatic rings. The Hall–Kier alpha value is -0.810. The highest BCUT2D eigenvalue weighted by atomic mass is 16.5. The first-order valence-electron chi connectivity index (χ1n) is 10.1. The lowest BCUT2D eigenvalue weighted by molar-refractivity contribution is -0.202. The van der Waals surface area contributed by atoms with Crippen LogP contribution >= 0.6 is 0 Å². The van der Waals surface area contributed by atoms with E-state index < -0.39 is 0 Å². The molecule has 0 aromatic heterocycles. The van der Waals surface area contributed by atoms with Gasteiger partial charge in [0.15, 0.2) is 0 Å². The zero-order valence-corrected chi connectivity index (χ0v) is 15.1. The van der Waals surface area contributed by atoms with Gasteiger partial charge in [0.2, 0.25) is 0 Å². The predicted octanol–water partition coefficient (Wildman–Crippen LogP) is 2.60. The number of nitrogens with zero attached hydrogens (tertiary/aromatic N) is 2. The van der Waals surface area contributed by atoms with E-state index in [0.29, 0.717) is 17.7 Å². The number of urea groups is 1. The lowest BCUT2D eigenvalue weighted by atomic mass is 9.69. The van der Waals surface area contributed by atoms with Crippen molar-refractivity contribution in [2.75, 3.05) is 33.3 Å². The Balaban J connectivity index is 1.36. The van der Waals surface area contributed by atoms with E-state index in [-0.39, 0.29) is 6.03 Å². The second-order valence-electron chi connectivity index (χ2n) is 8.36. The van der Waals surface area contributed by atoms with Crippen molar-refractivity contribution in [3.05, 3.63) is 0 Å². The maximum Gasteiger partial charge on any atom is 0.317 e. The predicted molar refractivity (Wildman–Crippen MR) is 94.0 cm³/mol. The fourth-order valence-corrected chi connectivity index (χ4v) is 5.17. The molecule has 2 amide bonds. The SMILES string of the molecule is CNC(=O)N1CCC(N2CC(OCC3CC3)C23CCCCC3)CC1. The molecule has 136 valence electrons. The fraction of sp³-hybridized carbons (Fsp3) is 0.947. The van der Waals surface area contributed by atoms with Gasteiger partial charge in [-0.25, -0.2) is 4.79 Å². The van der Waals surface area contributed by atoms with E-state index in [1.165, 1.54) is 44.9 Å². The molecule has 1 N–H and O–H groups in total. The number of hydrogen-bond acceptors (Lipinski definition) is 3. The third kappa shape index (κ3) is 3.05. The molecule has 2 saturated heterocycles. The molecule has 0 aromatic carbocycles. The summed E-state index contributed by atoms with van der Waals surface area (Å²) in [7, 11) is 1.72. The second kappa shape index (κ2) is 6.83. The van der Waals surface area contributed by atoms with Crippen LogP contribution in [0.5, 0.6) is 0 Å². The van der Waals surface area contributed by atoms with Crippen LogP contribution in [0.2, 0.25) is 0 Å². The fourth-order valence-electron chi connectivity index (χ4n) is 5.17. The van der Waals surface area contributed by atoms with Crippen molar-refractivity contribution in [1.29, 1.82) is 0 Å². The lowest BCUT2D eigenvalue weighted by Gasteiger charge is -2.63. The number of piperidine rings is 1. The summed E-state index contributed by atoms with van der Waals surface area (Å²) in [6.45, 7) is 3.90. The molecule has 1 unspecified atom stereocenters. The van der Waals surface area contributed by atoms with Crippen LogP contribution in [0.1, 0.15) is 57.8 Å². The van der Waals surface area contributed by atoms with Gasteiger partial charge >= 0.3 is 6.03 Å². The molecule has 4 aliphatic rings. The highest BCUT2D eigenvalue weighted by Crippen LogP contribution is 2.47. The number of amides is 2. The Kier molecular flexibility index (Phi) is 4.74. The van der Waals surface area contributed by atoms with E-state index in [0.717, 1.165) is 45.0 Å². The maximum atomic E-state index is 11.8. The van der Waals surface area contributed by atoms with Gasteiger partial charge in [0.1, 0.15) is 0 Å². The summed E-state index contributed by atoms with van der Waals surface area (Å²) < 4.78 is 6.38. The average molecular weight is 335 g/mol. The van der Waals surface area contributed by atoms with Gasteiger partial charge in [-0.05, 0) is 44.4 Å². The van der Waals surface area contributed by atoms with Crippen LogP contribution in [0.4, 0.5) is 4.79 Å². The molecule has 5 heteroatoms. The average Bonchev–Trinajstić information content (AvgIpc) is 3.45. The second-order valence-corrected chi connectivity index (χ2v) is 8.36. The zero-order valence-electron chi connectivity index (χ0n) is 15.1. The zero-order chi connectivity index (χ0) is 16.6. The van der Waals surface area contributed by atoms with Gasteiger partial charge in [-0.3, -0.25) is 4.90 Å². The van der Waals surface area contributed by atoms with Gasteiger partial charge in [0.05, 0.1) is 6.10 Å². The molecule has 1 atom stereocenters. The van der Waals surface area contributed by atoms with Crippen molar-refractivity contribution < 1.29 is 9.53 Å². The smallest absolute Gasteiger partial charge is 0.317 e. The quantitative estimate of drug-likeness (QED) is 0.859. The van der Waals surface area contributed by atoms with E-state index in [1.54, 1.807) is 7.05 Å². The standard InChI is InChI=1S/C19H33N3O2/c1-20-18(23)21-11-7-16(8-12-21)22-13-17(24-14-15-5-6-15)19(22)9-3-2-4-10-19/h15-17H,2-14H2,1H3,(H,20,23). The van der Waals surface area contributed by atoms with Crippen molar-refractivity contribution in [3.63, 3.8) is 0 Å². The highest BCUT2D eigenvalue weighted by Gasteiger charge is 2.56. The van der Waals surface area contributed by atoms with Gasteiger partial charge in [0, 0.05) is 44.9 Å². The van der Waals surface area contributed by atoms with Gasteiger partial charge in [-0.2, -0.15) is 0 Å². The molecule has 2 heterocycles. The van der Waals surface area contributed by atoms with Crippen LogP contribution in [-0.2, 0) is 4.74 Å². The summed E-state index contributed by atoms with van der Waals surface area (Å²) >= 11 is 0. The minimum absolute atomic E-state index is 0.0788. The lowest BCUT2D eigenvalue weighted by Crippen LogP contribution is -2.75. The van der Waals surface area contributed by atoms with Crippen molar-refractivity contribution in [2.45, 2.75) is 75.5 Å². The number of likely N-dealkylation sites (tertiary alicyclic amines) is 2. The monoisotopic (exact) mass is 335 g/mol. The summed E-state index contributed by atoms with van der Waals surface area (Å²) in [5.74, 6) is 0.857. The molecular formula is C19H33N3O2. The van der Waals surface area contributed by atoms with Crippen LogP contribution in [-0.4, -0.2) is 66.8 Å². The first kappa shape index (κ1) is 16.6. The van der Waals surface area contributed by atoms with E-state index in [9.17, 15) is 4.79 Å². The van der Waals surface area contributed by atoms with Gasteiger partial charge in [0.25, 0.3) is 0 Å². The Morgan fingerprint density at radius 3 is 2.46 bits per heavy atom. The summed E-state index contributed by atoms with van der Waals surface area (Å²) in [6.07, 6.45) is 12.2. The van der Waals surface area contributed by atoms with Crippen molar-refractivity contribution in [2.24, 2.45) is 5.92 Å². The largest absolute Gasteiger partial charge is 0.375 e. The van der Waals surface area contributed by atoms with E-state index >= 15 is 0 Å². The normalized spacial score (nSPS) is 31.0. The Morgan fingerprint density at radius 2 is 1.83 bits per heavy atom. The molecular weight excluding hydrogens is 302 g/mol. The molecule has 0 radical (unpaired) electrons. The number of carbonyl (C=O) groups is 1. The molecule has 0 bridgehead atoms. The van der Waals surface area contributed by atoms with E-state index in [2.05, 4.69) is 10.2 Å². The van der Waals surface area contributed by atoms with Crippen LogP contribution in [0.15, 0.2) is 0 Å². The summed E-state index contributed by atoms with van der Waals surface area (Å²) in [4.78, 5) is 16.6. The van der Waals surface area contributed by atoms with Crippen LogP contribution in [0.25, 0.3) is 0 Å². The Morgan fingerprint density at radius 1 is 1.12 bits per heavy atom. The maximum absolute atomic E-state index is 11.8. The molecule has 5 nitrogen and oxygen atoms in total. The van der Waals surface area contributed by atoms with Gasteiger partial charge < -0.3 is 15.0 Å². The molecule has 4 fully saturated rings. The minimum Gasteiger partial charge on any atom is -0.375 e. The van der Waals surface area contributed by atoms with Crippen LogP contribution in [0.3, 0.4) is 0 Å². The summed E-state index contributed by atoms with van der Waals surface area (Å²) in [5.41, 5.74) is 0.326. The van der Waals surface area contributed by atoms with Gasteiger partial charge in [-0.15, -0.1) is 0 Å². The topological polar surface area (TPSA) is 44.8 Å². The minimum atomic E-state index is 0.0788. The first-order valence-corrected chi connectivity index (χ1v) is 10.1. The highest BCUT2D eigenvalue weighted by molar-refractivity contribution is 5.73. The van der Waals surface area contributed by atoms with Crippen molar-refractivity contribution in [1.82, 2.24) is 15.1 Å². The van der Waals surface area contributed by atoms with Crippen molar-refractivity contribution >= 4 is 6.03 Å². The van der Waals surface area contributed by atoms with E-state index in [1.807, 2.05) is 4.90 Å². The number of nitrogens with one attached hydrogen (secondary N) is 1. The Bertz CT molecular complexity index is 452. The molecule has 24 heavy (non-hydrogen) atoms. The van der Waals surface area contributed by atoms with Crippen molar-refractivity contribution in [3.8, 4) is 0 Å². The van der Waals surface area contributed by atoms with Crippen LogP contribution < -0.4 is 5.32 Å². The molecule has 1 spiro atoms. The molecule has 2 saturated carbocycles. The number of hydrogen-bond donors (Lipinski definition) is 1. The van der Waals surface area contributed by atoms with E-state index in [4.69, 9.17) is 4.74 Å². The Labute approximate surface area is 146 Å². The summed E-state index contributed by atoms with van der Waals surface area (Å²) in [6, 6.07) is 0.722.